The van der Waals surface area contributed by atoms with Crippen LogP contribution in [-0.4, -0.2) is 30.1 Å². The number of carbonyl (C=O) groups is 1. The molecule has 30 heavy (non-hydrogen) atoms. The number of hydrogen-bond acceptors (Lipinski definition) is 7. The van der Waals surface area contributed by atoms with Crippen molar-refractivity contribution in [3.63, 3.8) is 0 Å². The average molecular weight is 423 g/mol. The molecule has 0 radical (unpaired) electrons. The number of amides is 1. The first kappa shape index (κ1) is 19.5. The number of nitrogens with zero attached hydrogens (tertiary/aromatic N) is 1. The molecule has 0 spiro atoms. The predicted molar refractivity (Wildman–Crippen MR) is 115 cm³/mol. The number of benzene rings is 2. The van der Waals surface area contributed by atoms with E-state index in [2.05, 4.69) is 15.3 Å². The molecule has 0 aliphatic rings. The third-order valence-corrected chi connectivity index (χ3v) is 5.04. The number of hydrogen-bond donors (Lipinski definition) is 2. The number of rotatable bonds is 6. The predicted octanol–water partition coefficient (Wildman–Crippen LogP) is 3.91. The smallest absolute Gasteiger partial charge is 0.417 e. The van der Waals surface area contributed by atoms with Crippen LogP contribution in [0.25, 0.3) is 28.4 Å². The largest absolute Gasteiger partial charge is 0.493 e. The van der Waals surface area contributed by atoms with E-state index in [9.17, 15) is 9.59 Å². The van der Waals surface area contributed by atoms with E-state index in [1.165, 1.54) is 17.4 Å². The van der Waals surface area contributed by atoms with Crippen LogP contribution in [0.1, 0.15) is 5.56 Å². The molecule has 0 atom stereocenters. The SMILES string of the molecule is COc1ccc(/C=C/C(=O)Nc2nc(-c3ccc4oc(=O)[nH]c4c3)cs2)cc1OC. The molecule has 4 aromatic rings. The highest BCUT2D eigenvalue weighted by molar-refractivity contribution is 7.14. The zero-order chi connectivity index (χ0) is 21.1. The fourth-order valence-electron chi connectivity index (χ4n) is 2.85. The number of methoxy groups -OCH3 is 2. The van der Waals surface area contributed by atoms with Gasteiger partial charge in [0.25, 0.3) is 0 Å². The van der Waals surface area contributed by atoms with Crippen molar-refractivity contribution >= 4 is 39.6 Å². The maximum Gasteiger partial charge on any atom is 0.417 e. The third kappa shape index (κ3) is 4.11. The number of oxazole rings is 1. The van der Waals surface area contributed by atoms with Crippen molar-refractivity contribution < 1.29 is 18.7 Å². The minimum absolute atomic E-state index is 0.305. The van der Waals surface area contributed by atoms with E-state index in [1.54, 1.807) is 50.6 Å². The van der Waals surface area contributed by atoms with Crippen LogP contribution in [0.5, 0.6) is 11.5 Å². The van der Waals surface area contributed by atoms with Crippen molar-refractivity contribution in [2.45, 2.75) is 0 Å². The lowest BCUT2D eigenvalue weighted by atomic mass is 10.1. The van der Waals surface area contributed by atoms with Gasteiger partial charge in [0.2, 0.25) is 5.91 Å². The van der Waals surface area contributed by atoms with E-state index >= 15 is 0 Å². The second kappa shape index (κ2) is 8.26. The quantitative estimate of drug-likeness (QED) is 0.456. The van der Waals surface area contributed by atoms with Gasteiger partial charge in [-0.1, -0.05) is 6.07 Å². The number of H-pyrrole nitrogens is 1. The molecule has 1 amide bonds. The summed E-state index contributed by atoms with van der Waals surface area (Å²) in [6, 6.07) is 10.7. The summed E-state index contributed by atoms with van der Waals surface area (Å²) in [6.07, 6.45) is 3.10. The van der Waals surface area contributed by atoms with Gasteiger partial charge in [0.05, 0.1) is 25.4 Å². The monoisotopic (exact) mass is 423 g/mol. The molecule has 152 valence electrons. The van der Waals surface area contributed by atoms with Gasteiger partial charge in [-0.3, -0.25) is 15.1 Å². The molecule has 0 aliphatic heterocycles. The van der Waals surface area contributed by atoms with Gasteiger partial charge in [-0.15, -0.1) is 11.3 Å². The minimum Gasteiger partial charge on any atom is -0.493 e. The number of aromatic nitrogens is 2. The van der Waals surface area contributed by atoms with Gasteiger partial charge in [-0.05, 0) is 42.0 Å². The number of anilines is 1. The molecule has 0 fully saturated rings. The van der Waals surface area contributed by atoms with Gasteiger partial charge in [-0.25, -0.2) is 9.78 Å². The summed E-state index contributed by atoms with van der Waals surface area (Å²) in [5.74, 6) is 0.391. The van der Waals surface area contributed by atoms with Crippen LogP contribution in [0.2, 0.25) is 0 Å². The third-order valence-electron chi connectivity index (χ3n) is 4.28. The lowest BCUT2D eigenvalue weighted by Gasteiger charge is -2.07. The number of aromatic amines is 1. The normalized spacial score (nSPS) is 11.1. The lowest BCUT2D eigenvalue weighted by molar-refractivity contribution is -0.111. The van der Waals surface area contributed by atoms with Gasteiger partial charge >= 0.3 is 5.76 Å². The van der Waals surface area contributed by atoms with Gasteiger partial charge in [0.15, 0.2) is 22.2 Å². The van der Waals surface area contributed by atoms with E-state index in [1.807, 2.05) is 11.4 Å². The Morgan fingerprint density at radius 2 is 2.00 bits per heavy atom. The first-order chi connectivity index (χ1) is 14.6. The topological polar surface area (TPSA) is 106 Å². The van der Waals surface area contributed by atoms with Crippen LogP contribution in [0.15, 0.2) is 57.1 Å². The molecule has 0 saturated carbocycles. The second-order valence-electron chi connectivity index (χ2n) is 6.20. The number of carbonyl (C=O) groups excluding carboxylic acids is 1. The Balaban J connectivity index is 1.45. The van der Waals surface area contributed by atoms with Crippen LogP contribution in [0.3, 0.4) is 0 Å². The van der Waals surface area contributed by atoms with E-state index in [-0.39, 0.29) is 5.91 Å². The van der Waals surface area contributed by atoms with E-state index in [0.29, 0.717) is 33.4 Å². The van der Waals surface area contributed by atoms with Crippen molar-refractivity contribution in [1.29, 1.82) is 0 Å². The summed E-state index contributed by atoms with van der Waals surface area (Å²) >= 11 is 1.31. The number of fused-ring (bicyclic) bond motifs is 1. The lowest BCUT2D eigenvalue weighted by Crippen LogP contribution is -2.07. The standard InChI is InChI=1S/C21H17N3O5S/c1-27-17-6-3-12(9-18(17)28-2)4-8-19(25)24-20-22-15(11-30-20)13-5-7-16-14(10-13)23-21(26)29-16/h3-11H,1-2H3,(H,23,26)(H,22,24,25)/b8-4+. The molecule has 0 unspecified atom stereocenters. The molecule has 0 saturated heterocycles. The summed E-state index contributed by atoms with van der Waals surface area (Å²) in [7, 11) is 3.12. The molecule has 0 aliphatic carbocycles. The van der Waals surface area contributed by atoms with Gasteiger partial charge in [0, 0.05) is 17.0 Å². The average Bonchev–Trinajstić information content (AvgIpc) is 3.36. The molecule has 2 aromatic carbocycles. The first-order valence-corrected chi connectivity index (χ1v) is 9.73. The van der Waals surface area contributed by atoms with Gasteiger partial charge in [-0.2, -0.15) is 0 Å². The fourth-order valence-corrected chi connectivity index (χ4v) is 3.57. The zero-order valence-electron chi connectivity index (χ0n) is 16.1. The Labute approximate surface area is 174 Å². The molecule has 0 bridgehead atoms. The highest BCUT2D eigenvalue weighted by atomic mass is 32.1. The Hall–Kier alpha value is -3.85. The summed E-state index contributed by atoms with van der Waals surface area (Å²) in [5, 5.41) is 5.04. The summed E-state index contributed by atoms with van der Waals surface area (Å²) in [5.41, 5.74) is 3.35. The molecule has 2 N–H and O–H groups in total. The second-order valence-corrected chi connectivity index (χ2v) is 7.06. The Kier molecular flexibility index (Phi) is 5.36. The Morgan fingerprint density at radius 1 is 1.17 bits per heavy atom. The van der Waals surface area contributed by atoms with E-state index < -0.39 is 5.76 Å². The number of thiazole rings is 1. The molecule has 2 heterocycles. The summed E-state index contributed by atoms with van der Waals surface area (Å²) in [6.45, 7) is 0. The summed E-state index contributed by atoms with van der Waals surface area (Å²) in [4.78, 5) is 30.6. The van der Waals surface area contributed by atoms with Crippen LogP contribution in [0, 0.1) is 0 Å². The number of ether oxygens (including phenoxy) is 2. The summed E-state index contributed by atoms with van der Waals surface area (Å²) < 4.78 is 15.5. The molecule has 9 heteroatoms. The van der Waals surface area contributed by atoms with Crippen molar-refractivity contribution in [1.82, 2.24) is 9.97 Å². The Morgan fingerprint density at radius 3 is 2.80 bits per heavy atom. The Bertz CT molecular complexity index is 1300. The fraction of sp³-hybridized carbons (Fsp3) is 0.0952. The molecular formula is C21H17N3O5S. The zero-order valence-corrected chi connectivity index (χ0v) is 16.9. The van der Waals surface area contributed by atoms with Gasteiger partial charge in [0.1, 0.15) is 0 Å². The van der Waals surface area contributed by atoms with Crippen molar-refractivity contribution in [3.05, 3.63) is 64.0 Å². The highest BCUT2D eigenvalue weighted by Gasteiger charge is 2.09. The maximum atomic E-state index is 12.2. The number of nitrogens with one attached hydrogen (secondary N) is 2. The van der Waals surface area contributed by atoms with E-state index in [4.69, 9.17) is 13.9 Å². The van der Waals surface area contributed by atoms with Crippen LogP contribution in [-0.2, 0) is 4.79 Å². The van der Waals surface area contributed by atoms with E-state index in [0.717, 1.165) is 11.1 Å². The molecular weight excluding hydrogens is 406 g/mol. The van der Waals surface area contributed by atoms with Crippen LogP contribution < -0.4 is 20.5 Å². The maximum absolute atomic E-state index is 12.2. The van der Waals surface area contributed by atoms with Crippen molar-refractivity contribution in [3.8, 4) is 22.8 Å². The molecule has 8 nitrogen and oxygen atoms in total. The highest BCUT2D eigenvalue weighted by Crippen LogP contribution is 2.29. The van der Waals surface area contributed by atoms with Crippen LogP contribution in [0.4, 0.5) is 5.13 Å². The van der Waals surface area contributed by atoms with Crippen molar-refractivity contribution in [2.75, 3.05) is 19.5 Å². The van der Waals surface area contributed by atoms with Crippen molar-refractivity contribution in [2.24, 2.45) is 0 Å². The molecule has 4 rings (SSSR count). The van der Waals surface area contributed by atoms with Gasteiger partial charge < -0.3 is 13.9 Å². The first-order valence-electron chi connectivity index (χ1n) is 8.85. The molecule has 2 aromatic heterocycles. The van der Waals surface area contributed by atoms with Crippen LogP contribution >= 0.6 is 11.3 Å². The minimum atomic E-state index is -0.505.